The Hall–Kier alpha value is -1.29. The number of nitrogens with zero attached hydrogens (tertiary/aromatic N) is 2. The van der Waals surface area contributed by atoms with Gasteiger partial charge in [-0.15, -0.1) is 12.4 Å². The van der Waals surface area contributed by atoms with Crippen molar-refractivity contribution >= 4 is 28.3 Å². The van der Waals surface area contributed by atoms with Gasteiger partial charge in [0.05, 0.1) is 18.3 Å². The lowest BCUT2D eigenvalue weighted by molar-refractivity contribution is -0.134. The predicted molar refractivity (Wildman–Crippen MR) is 95.8 cm³/mol. The number of amides is 1. The number of rotatable bonds is 4. The fourth-order valence-electron chi connectivity index (χ4n) is 3.17. The molecule has 1 aromatic carbocycles. The maximum atomic E-state index is 13.2. The van der Waals surface area contributed by atoms with Crippen LogP contribution in [0.4, 0.5) is 8.78 Å². The van der Waals surface area contributed by atoms with Gasteiger partial charge in [0.25, 0.3) is 5.92 Å². The lowest BCUT2D eigenvalue weighted by atomic mass is 10.1. The third kappa shape index (κ3) is 4.91. The van der Waals surface area contributed by atoms with Crippen molar-refractivity contribution < 1.29 is 22.0 Å². The van der Waals surface area contributed by atoms with Crippen molar-refractivity contribution in [2.75, 3.05) is 32.7 Å². The second-order valence-electron chi connectivity index (χ2n) is 6.46. The molecule has 0 aromatic heterocycles. The van der Waals surface area contributed by atoms with Crippen LogP contribution in [0.3, 0.4) is 0 Å². The quantitative estimate of drug-likeness (QED) is 0.808. The first-order valence-corrected chi connectivity index (χ1v) is 9.79. The standard InChI is InChI=1S/C16H21F2N3O3S.ClH/c17-16(18)10-14(19-12-16)15(22)20-6-8-21(9-7-20)25(23,24)11-13-4-2-1-3-5-13;/h1-5,14,19H,6-12H2;1H. The van der Waals surface area contributed by atoms with Gasteiger partial charge < -0.3 is 4.90 Å². The fourth-order valence-corrected chi connectivity index (χ4v) is 4.69. The summed E-state index contributed by atoms with van der Waals surface area (Å²) in [7, 11) is -3.46. The minimum absolute atomic E-state index is 0. The van der Waals surface area contributed by atoms with Crippen LogP contribution in [0.1, 0.15) is 12.0 Å². The Balaban J connectivity index is 0.00000243. The van der Waals surface area contributed by atoms with E-state index in [0.717, 1.165) is 0 Å². The van der Waals surface area contributed by atoms with E-state index < -0.39 is 35.0 Å². The zero-order valence-corrected chi connectivity index (χ0v) is 15.7. The number of sulfonamides is 1. The topological polar surface area (TPSA) is 69.7 Å². The van der Waals surface area contributed by atoms with E-state index in [0.29, 0.717) is 5.56 Å². The van der Waals surface area contributed by atoms with Gasteiger partial charge in [0.15, 0.2) is 0 Å². The second kappa shape index (κ2) is 8.16. The molecule has 6 nitrogen and oxygen atoms in total. The van der Waals surface area contributed by atoms with E-state index in [1.54, 1.807) is 24.3 Å². The van der Waals surface area contributed by atoms with Crippen molar-refractivity contribution in [2.45, 2.75) is 24.1 Å². The molecule has 1 atom stereocenters. The Labute approximate surface area is 158 Å². The average Bonchev–Trinajstić information content (AvgIpc) is 2.95. The smallest absolute Gasteiger partial charge is 0.262 e. The number of hydrogen-bond donors (Lipinski definition) is 1. The highest BCUT2D eigenvalue weighted by molar-refractivity contribution is 7.88. The molecule has 2 fully saturated rings. The zero-order chi connectivity index (χ0) is 18.1. The van der Waals surface area contributed by atoms with Crippen LogP contribution < -0.4 is 5.32 Å². The molecule has 2 heterocycles. The van der Waals surface area contributed by atoms with Crippen LogP contribution in [0.2, 0.25) is 0 Å². The van der Waals surface area contributed by atoms with Crippen molar-refractivity contribution in [2.24, 2.45) is 0 Å². The summed E-state index contributed by atoms with van der Waals surface area (Å²) in [6.07, 6.45) is -0.502. The van der Waals surface area contributed by atoms with Gasteiger partial charge in [0, 0.05) is 32.6 Å². The Bertz CT molecular complexity index is 726. The van der Waals surface area contributed by atoms with Gasteiger partial charge in [-0.25, -0.2) is 17.2 Å². The molecule has 1 unspecified atom stereocenters. The highest BCUT2D eigenvalue weighted by atomic mass is 35.5. The van der Waals surface area contributed by atoms with Crippen LogP contribution in [0, 0.1) is 0 Å². The summed E-state index contributed by atoms with van der Waals surface area (Å²) in [6, 6.07) is 8.01. The molecule has 0 spiro atoms. The molecule has 10 heteroatoms. The summed E-state index contributed by atoms with van der Waals surface area (Å²) in [5.41, 5.74) is 0.707. The first-order chi connectivity index (χ1) is 11.8. The Morgan fingerprint density at radius 1 is 1.15 bits per heavy atom. The number of alkyl halides is 2. The van der Waals surface area contributed by atoms with E-state index in [-0.39, 0.29) is 50.2 Å². The van der Waals surface area contributed by atoms with Crippen LogP contribution in [-0.2, 0) is 20.6 Å². The molecule has 2 aliphatic rings. The molecule has 0 saturated carbocycles. The lowest BCUT2D eigenvalue weighted by Gasteiger charge is -2.35. The summed E-state index contributed by atoms with van der Waals surface area (Å²) in [6.45, 7) is 0.316. The monoisotopic (exact) mass is 409 g/mol. The second-order valence-corrected chi connectivity index (χ2v) is 8.43. The van der Waals surface area contributed by atoms with Crippen LogP contribution >= 0.6 is 12.4 Å². The van der Waals surface area contributed by atoms with Gasteiger partial charge in [-0.05, 0) is 5.56 Å². The minimum Gasteiger partial charge on any atom is -0.339 e. The molecule has 1 amide bonds. The van der Waals surface area contributed by atoms with E-state index in [1.165, 1.54) is 9.21 Å². The molecule has 0 aliphatic carbocycles. The number of halogens is 3. The Morgan fingerprint density at radius 3 is 2.31 bits per heavy atom. The number of hydrogen-bond acceptors (Lipinski definition) is 4. The summed E-state index contributed by atoms with van der Waals surface area (Å²) in [5.74, 6) is -3.32. The minimum atomic E-state index is -3.46. The first-order valence-electron chi connectivity index (χ1n) is 8.19. The maximum absolute atomic E-state index is 13.2. The van der Waals surface area contributed by atoms with Crippen LogP contribution in [0.15, 0.2) is 30.3 Å². The van der Waals surface area contributed by atoms with E-state index >= 15 is 0 Å². The van der Waals surface area contributed by atoms with Gasteiger partial charge >= 0.3 is 0 Å². The van der Waals surface area contributed by atoms with Crippen LogP contribution in [-0.4, -0.2) is 68.2 Å². The third-order valence-electron chi connectivity index (χ3n) is 4.54. The van der Waals surface area contributed by atoms with Crippen molar-refractivity contribution in [3.8, 4) is 0 Å². The summed E-state index contributed by atoms with van der Waals surface area (Å²) >= 11 is 0. The number of nitrogens with one attached hydrogen (secondary N) is 1. The number of piperazine rings is 1. The van der Waals surface area contributed by atoms with Gasteiger partial charge in [0.2, 0.25) is 15.9 Å². The SMILES string of the molecule is Cl.O=C(C1CC(F)(F)CN1)N1CCN(S(=O)(=O)Cc2ccccc2)CC1. The lowest BCUT2D eigenvalue weighted by Crippen LogP contribution is -2.54. The molecule has 146 valence electrons. The Morgan fingerprint density at radius 2 is 1.77 bits per heavy atom. The third-order valence-corrected chi connectivity index (χ3v) is 6.39. The van der Waals surface area contributed by atoms with E-state index in [9.17, 15) is 22.0 Å². The molecule has 2 aliphatic heterocycles. The number of carbonyl (C=O) groups excluding carboxylic acids is 1. The highest BCUT2D eigenvalue weighted by Crippen LogP contribution is 2.26. The van der Waals surface area contributed by atoms with Gasteiger partial charge in [-0.3, -0.25) is 10.1 Å². The molecular weight excluding hydrogens is 388 g/mol. The van der Waals surface area contributed by atoms with Crippen molar-refractivity contribution in [3.63, 3.8) is 0 Å². The molecule has 2 saturated heterocycles. The van der Waals surface area contributed by atoms with E-state index in [2.05, 4.69) is 5.32 Å². The molecule has 1 N–H and O–H groups in total. The molecule has 3 rings (SSSR count). The molecule has 1 aromatic rings. The first kappa shape index (κ1) is 21.0. The molecule has 0 radical (unpaired) electrons. The summed E-state index contributed by atoms with van der Waals surface area (Å²) in [5, 5.41) is 2.54. The largest absolute Gasteiger partial charge is 0.339 e. The van der Waals surface area contributed by atoms with Gasteiger partial charge in [-0.2, -0.15) is 4.31 Å². The Kier molecular flexibility index (Phi) is 6.60. The molecular formula is C16H22ClF2N3O3S. The van der Waals surface area contributed by atoms with Gasteiger partial charge in [0.1, 0.15) is 0 Å². The molecule has 26 heavy (non-hydrogen) atoms. The van der Waals surface area contributed by atoms with E-state index in [4.69, 9.17) is 0 Å². The van der Waals surface area contributed by atoms with Crippen molar-refractivity contribution in [1.82, 2.24) is 14.5 Å². The van der Waals surface area contributed by atoms with E-state index in [1.807, 2.05) is 6.07 Å². The van der Waals surface area contributed by atoms with Crippen molar-refractivity contribution in [3.05, 3.63) is 35.9 Å². The molecule has 0 bridgehead atoms. The average molecular weight is 410 g/mol. The summed E-state index contributed by atoms with van der Waals surface area (Å²) in [4.78, 5) is 13.8. The normalized spacial score (nSPS) is 23.5. The van der Waals surface area contributed by atoms with Crippen LogP contribution in [0.25, 0.3) is 0 Å². The number of benzene rings is 1. The summed E-state index contributed by atoms with van der Waals surface area (Å²) < 4.78 is 52.8. The zero-order valence-electron chi connectivity index (χ0n) is 14.1. The maximum Gasteiger partial charge on any atom is 0.262 e. The van der Waals surface area contributed by atoms with Crippen LogP contribution in [0.5, 0.6) is 0 Å². The van der Waals surface area contributed by atoms with Gasteiger partial charge in [-0.1, -0.05) is 30.3 Å². The fraction of sp³-hybridized carbons (Fsp3) is 0.562. The van der Waals surface area contributed by atoms with Crippen molar-refractivity contribution in [1.29, 1.82) is 0 Å². The predicted octanol–water partition coefficient (Wildman–Crippen LogP) is 1.08. The number of carbonyl (C=O) groups is 1. The highest BCUT2D eigenvalue weighted by Gasteiger charge is 2.44.